The summed E-state index contributed by atoms with van der Waals surface area (Å²) in [6, 6.07) is 7.61. The third-order valence-corrected chi connectivity index (χ3v) is 2.46. The standard InChI is InChI=1S/C14H19N2O2S.ClH/c1-16(2,3)10-14(17)18-9-8-12-4-6-13(7-5-12)15-11-19;/h4-7H,8-10H2,1-3H3;1H/q+1;/p-1. The van der Waals surface area contributed by atoms with Gasteiger partial charge in [0.1, 0.15) is 0 Å². The van der Waals surface area contributed by atoms with Gasteiger partial charge >= 0.3 is 5.97 Å². The van der Waals surface area contributed by atoms with Crippen molar-refractivity contribution >= 4 is 29.0 Å². The van der Waals surface area contributed by atoms with Gasteiger partial charge in [-0.3, -0.25) is 0 Å². The number of aliphatic imine (C=N–C) groups is 1. The molecule has 0 amide bonds. The zero-order chi connectivity index (χ0) is 14.3. The number of isothiocyanates is 1. The summed E-state index contributed by atoms with van der Waals surface area (Å²) < 4.78 is 5.77. The van der Waals surface area contributed by atoms with Crippen molar-refractivity contribution in [3.63, 3.8) is 0 Å². The van der Waals surface area contributed by atoms with Crippen molar-refractivity contribution in [2.24, 2.45) is 4.99 Å². The Hall–Kier alpha value is -1.26. The number of quaternary nitrogens is 1. The highest BCUT2D eigenvalue weighted by atomic mass is 35.5. The molecule has 0 N–H and O–H groups in total. The van der Waals surface area contributed by atoms with Gasteiger partial charge in [0.05, 0.1) is 38.6 Å². The first-order chi connectivity index (χ1) is 8.90. The van der Waals surface area contributed by atoms with Gasteiger partial charge in [0.15, 0.2) is 6.54 Å². The normalized spacial score (nSPS) is 10.2. The molecule has 1 aromatic rings. The second-order valence-corrected chi connectivity index (χ2v) is 5.47. The minimum atomic E-state index is -0.172. The molecule has 0 aromatic heterocycles. The Morgan fingerprint density at radius 3 is 2.40 bits per heavy atom. The molecule has 0 heterocycles. The van der Waals surface area contributed by atoms with E-state index in [1.165, 1.54) is 0 Å². The van der Waals surface area contributed by atoms with E-state index >= 15 is 0 Å². The number of carbonyl (C=O) groups is 1. The van der Waals surface area contributed by atoms with Crippen LogP contribution in [0.1, 0.15) is 5.56 Å². The van der Waals surface area contributed by atoms with Crippen LogP contribution in [0.5, 0.6) is 0 Å². The molecule has 6 heteroatoms. The van der Waals surface area contributed by atoms with E-state index in [0.717, 1.165) is 11.3 Å². The highest BCUT2D eigenvalue weighted by molar-refractivity contribution is 7.78. The van der Waals surface area contributed by atoms with Crippen LogP contribution >= 0.6 is 12.2 Å². The molecule has 1 rings (SSSR count). The van der Waals surface area contributed by atoms with Gasteiger partial charge in [0, 0.05) is 6.42 Å². The average molecular weight is 315 g/mol. The maximum atomic E-state index is 11.5. The van der Waals surface area contributed by atoms with E-state index in [1.807, 2.05) is 45.4 Å². The lowest BCUT2D eigenvalue weighted by Crippen LogP contribution is -3.00. The summed E-state index contributed by atoms with van der Waals surface area (Å²) in [5.41, 5.74) is 1.88. The fourth-order valence-electron chi connectivity index (χ4n) is 1.51. The van der Waals surface area contributed by atoms with Crippen LogP contribution in [0.2, 0.25) is 0 Å². The van der Waals surface area contributed by atoms with E-state index in [9.17, 15) is 4.79 Å². The number of benzene rings is 1. The van der Waals surface area contributed by atoms with Crippen molar-refractivity contribution in [2.45, 2.75) is 6.42 Å². The number of rotatable bonds is 6. The maximum absolute atomic E-state index is 11.5. The van der Waals surface area contributed by atoms with Gasteiger partial charge in [-0.15, -0.1) is 0 Å². The summed E-state index contributed by atoms with van der Waals surface area (Å²) in [5, 5.41) is 2.32. The number of halogens is 1. The monoisotopic (exact) mass is 314 g/mol. The van der Waals surface area contributed by atoms with Gasteiger partial charge in [-0.2, -0.15) is 4.99 Å². The van der Waals surface area contributed by atoms with Crippen molar-refractivity contribution in [1.82, 2.24) is 0 Å². The van der Waals surface area contributed by atoms with E-state index in [-0.39, 0.29) is 18.4 Å². The van der Waals surface area contributed by atoms with Crippen molar-refractivity contribution < 1.29 is 26.4 Å². The van der Waals surface area contributed by atoms with Gasteiger partial charge in [0.25, 0.3) is 0 Å². The smallest absolute Gasteiger partial charge is 0.361 e. The van der Waals surface area contributed by atoms with E-state index in [0.29, 0.717) is 24.1 Å². The summed E-state index contributed by atoms with van der Waals surface area (Å²) in [7, 11) is 5.87. The molecule has 0 radical (unpaired) electrons. The van der Waals surface area contributed by atoms with Crippen molar-refractivity contribution in [3.8, 4) is 0 Å². The second-order valence-electron chi connectivity index (χ2n) is 5.29. The molecule has 0 atom stereocenters. The molecule has 20 heavy (non-hydrogen) atoms. The molecule has 0 aliphatic rings. The molecular formula is C14H19ClN2O2S. The summed E-state index contributed by atoms with van der Waals surface area (Å²) in [6.07, 6.45) is 0.699. The molecule has 4 nitrogen and oxygen atoms in total. The molecule has 0 spiro atoms. The number of hydrogen-bond donors (Lipinski definition) is 0. The molecule has 1 aromatic carbocycles. The molecule has 0 unspecified atom stereocenters. The molecule has 0 saturated heterocycles. The quantitative estimate of drug-likeness (QED) is 0.299. The van der Waals surface area contributed by atoms with Crippen LogP contribution in [0.15, 0.2) is 29.3 Å². The zero-order valence-electron chi connectivity index (χ0n) is 11.9. The average Bonchev–Trinajstić information content (AvgIpc) is 2.29. The summed E-state index contributed by atoms with van der Waals surface area (Å²) >= 11 is 4.53. The van der Waals surface area contributed by atoms with Crippen LogP contribution < -0.4 is 12.4 Å². The predicted molar refractivity (Wildman–Crippen MR) is 78.7 cm³/mol. The van der Waals surface area contributed by atoms with Crippen molar-refractivity contribution in [3.05, 3.63) is 29.8 Å². The van der Waals surface area contributed by atoms with Crippen LogP contribution in [0.25, 0.3) is 0 Å². The van der Waals surface area contributed by atoms with Crippen LogP contribution in [0, 0.1) is 0 Å². The van der Waals surface area contributed by atoms with Gasteiger partial charge in [-0.1, -0.05) is 12.1 Å². The van der Waals surface area contributed by atoms with Crippen molar-refractivity contribution in [1.29, 1.82) is 0 Å². The fraction of sp³-hybridized carbons (Fsp3) is 0.429. The number of nitrogens with zero attached hydrogens (tertiary/aromatic N) is 2. The molecule has 0 bridgehead atoms. The zero-order valence-corrected chi connectivity index (χ0v) is 13.5. The van der Waals surface area contributed by atoms with Crippen LogP contribution in [-0.4, -0.2) is 49.9 Å². The number of thiocarbonyl (C=S) groups is 1. The second kappa shape index (κ2) is 8.82. The minimum Gasteiger partial charge on any atom is -1.00 e. The molecule has 0 saturated carbocycles. The van der Waals surface area contributed by atoms with E-state index in [2.05, 4.69) is 22.4 Å². The lowest BCUT2D eigenvalue weighted by Gasteiger charge is -2.22. The number of carbonyl (C=O) groups excluding carboxylic acids is 1. The Morgan fingerprint density at radius 2 is 1.90 bits per heavy atom. The van der Waals surface area contributed by atoms with Crippen LogP contribution in [-0.2, 0) is 16.0 Å². The summed E-state index contributed by atoms with van der Waals surface area (Å²) in [4.78, 5) is 15.4. The summed E-state index contributed by atoms with van der Waals surface area (Å²) in [5.74, 6) is -0.172. The SMILES string of the molecule is C[N+](C)(C)CC(=O)OCCc1ccc(N=C=S)cc1.[Cl-]. The fourth-order valence-corrected chi connectivity index (χ4v) is 1.61. The maximum Gasteiger partial charge on any atom is 0.361 e. The Morgan fingerprint density at radius 1 is 1.30 bits per heavy atom. The number of hydrogen-bond acceptors (Lipinski definition) is 4. The number of likely N-dealkylation sites (N-methyl/N-ethyl adjacent to an activating group) is 1. The third kappa shape index (κ3) is 8.02. The Kier molecular flexibility index (Phi) is 8.26. The summed E-state index contributed by atoms with van der Waals surface area (Å²) in [6.45, 7) is 0.775. The van der Waals surface area contributed by atoms with E-state index in [4.69, 9.17) is 4.74 Å². The van der Waals surface area contributed by atoms with Crippen LogP contribution in [0.4, 0.5) is 5.69 Å². The lowest BCUT2D eigenvalue weighted by atomic mass is 10.1. The minimum absolute atomic E-state index is 0. The molecule has 0 aliphatic carbocycles. The van der Waals surface area contributed by atoms with Gasteiger partial charge in [-0.25, -0.2) is 4.79 Å². The highest BCUT2D eigenvalue weighted by Crippen LogP contribution is 2.12. The first kappa shape index (κ1) is 18.7. The predicted octanol–water partition coefficient (Wildman–Crippen LogP) is -0.783. The molecule has 0 fully saturated rings. The Bertz CT molecular complexity index is 477. The molecular weight excluding hydrogens is 296 g/mol. The highest BCUT2D eigenvalue weighted by Gasteiger charge is 2.15. The Labute approximate surface area is 131 Å². The van der Waals surface area contributed by atoms with E-state index < -0.39 is 0 Å². The van der Waals surface area contributed by atoms with Crippen molar-refractivity contribution in [2.75, 3.05) is 34.3 Å². The van der Waals surface area contributed by atoms with Gasteiger partial charge in [0.2, 0.25) is 0 Å². The Balaban J connectivity index is 0.00000361. The third-order valence-electron chi connectivity index (χ3n) is 2.37. The van der Waals surface area contributed by atoms with Gasteiger partial charge in [-0.05, 0) is 29.9 Å². The van der Waals surface area contributed by atoms with Crippen LogP contribution in [0.3, 0.4) is 0 Å². The van der Waals surface area contributed by atoms with Gasteiger partial charge < -0.3 is 21.6 Å². The topological polar surface area (TPSA) is 38.7 Å². The number of esters is 1. The van der Waals surface area contributed by atoms with E-state index in [1.54, 1.807) is 0 Å². The first-order valence-corrected chi connectivity index (χ1v) is 6.44. The number of ether oxygens (including phenoxy) is 1. The molecule has 0 aliphatic heterocycles. The lowest BCUT2D eigenvalue weighted by molar-refractivity contribution is -0.862. The first-order valence-electron chi connectivity index (χ1n) is 6.03. The largest absolute Gasteiger partial charge is 1.00 e. The molecule has 110 valence electrons.